The highest BCUT2D eigenvalue weighted by atomic mass is 16.5. The number of hydrogen-bond donors (Lipinski definition) is 0. The van der Waals surface area contributed by atoms with E-state index in [1.807, 2.05) is 18.2 Å². The van der Waals surface area contributed by atoms with Crippen LogP contribution < -0.4 is 9.64 Å². The number of anilines is 1. The van der Waals surface area contributed by atoms with Gasteiger partial charge in [0.1, 0.15) is 5.75 Å². The lowest BCUT2D eigenvalue weighted by molar-refractivity contribution is 0.101. The first-order valence-electron chi connectivity index (χ1n) is 7.13. The van der Waals surface area contributed by atoms with Crippen LogP contribution >= 0.6 is 0 Å². The minimum atomic E-state index is 0.0767. The molecular formula is C16H23NO2. The molecule has 1 atom stereocenters. The number of carbonyl (C=O) groups excluding carboxylic acids is 1. The van der Waals surface area contributed by atoms with Gasteiger partial charge in [-0.15, -0.1) is 0 Å². The minimum Gasteiger partial charge on any atom is -0.496 e. The molecule has 1 heterocycles. The molecule has 104 valence electrons. The Bertz CT molecular complexity index is 456. The summed E-state index contributed by atoms with van der Waals surface area (Å²) in [6, 6.07) is 6.43. The summed E-state index contributed by atoms with van der Waals surface area (Å²) in [6.45, 7) is 4.87. The van der Waals surface area contributed by atoms with E-state index < -0.39 is 0 Å². The molecule has 1 fully saturated rings. The fraction of sp³-hybridized carbons (Fsp3) is 0.562. The van der Waals surface area contributed by atoms with Crippen molar-refractivity contribution in [2.24, 2.45) is 0 Å². The van der Waals surface area contributed by atoms with Gasteiger partial charge in [0.15, 0.2) is 5.78 Å². The zero-order chi connectivity index (χ0) is 13.8. The lowest BCUT2D eigenvalue weighted by Crippen LogP contribution is -2.39. The third-order valence-corrected chi connectivity index (χ3v) is 3.98. The maximum Gasteiger partial charge on any atom is 0.165 e. The van der Waals surface area contributed by atoms with Crippen molar-refractivity contribution in [3.05, 3.63) is 23.8 Å². The normalized spacial score (nSPS) is 19.3. The van der Waals surface area contributed by atoms with E-state index in [0.29, 0.717) is 11.8 Å². The highest BCUT2D eigenvalue weighted by Crippen LogP contribution is 2.34. The zero-order valence-corrected chi connectivity index (χ0v) is 12.1. The van der Waals surface area contributed by atoms with Gasteiger partial charge in [-0.05, 0) is 44.7 Å². The molecule has 0 amide bonds. The SMILES string of the molecule is CCC1CCCCN1c1cccc(OC)c1C(C)=O. The Morgan fingerprint density at radius 2 is 2.21 bits per heavy atom. The van der Waals surface area contributed by atoms with Crippen LogP contribution in [0.4, 0.5) is 5.69 Å². The van der Waals surface area contributed by atoms with E-state index in [1.54, 1.807) is 14.0 Å². The van der Waals surface area contributed by atoms with E-state index in [2.05, 4.69) is 11.8 Å². The number of nitrogens with zero attached hydrogens (tertiary/aromatic N) is 1. The molecule has 0 radical (unpaired) electrons. The van der Waals surface area contributed by atoms with Gasteiger partial charge in [-0.2, -0.15) is 0 Å². The highest BCUT2D eigenvalue weighted by molar-refractivity contribution is 6.02. The molecule has 0 aromatic heterocycles. The summed E-state index contributed by atoms with van der Waals surface area (Å²) in [5.41, 5.74) is 1.77. The number of rotatable bonds is 4. The first-order chi connectivity index (χ1) is 9.19. The highest BCUT2D eigenvalue weighted by Gasteiger charge is 2.25. The van der Waals surface area contributed by atoms with Gasteiger partial charge in [-0.25, -0.2) is 0 Å². The Morgan fingerprint density at radius 3 is 2.84 bits per heavy atom. The number of ketones is 1. The van der Waals surface area contributed by atoms with Gasteiger partial charge in [0, 0.05) is 12.6 Å². The van der Waals surface area contributed by atoms with Gasteiger partial charge in [0.05, 0.1) is 18.4 Å². The number of piperidine rings is 1. The third-order valence-electron chi connectivity index (χ3n) is 3.98. The number of hydrogen-bond acceptors (Lipinski definition) is 3. The van der Waals surface area contributed by atoms with Crippen molar-refractivity contribution in [2.75, 3.05) is 18.6 Å². The van der Waals surface area contributed by atoms with E-state index in [-0.39, 0.29) is 5.78 Å². The number of methoxy groups -OCH3 is 1. The van der Waals surface area contributed by atoms with Crippen molar-refractivity contribution in [1.82, 2.24) is 0 Å². The zero-order valence-electron chi connectivity index (χ0n) is 12.1. The Morgan fingerprint density at radius 1 is 1.42 bits per heavy atom. The van der Waals surface area contributed by atoms with Crippen LogP contribution in [0.25, 0.3) is 0 Å². The molecule has 3 nitrogen and oxygen atoms in total. The molecule has 0 saturated carbocycles. The summed E-state index contributed by atoms with van der Waals surface area (Å²) in [4.78, 5) is 14.4. The first-order valence-corrected chi connectivity index (χ1v) is 7.13. The third kappa shape index (κ3) is 2.75. The van der Waals surface area contributed by atoms with E-state index in [9.17, 15) is 4.79 Å². The Kier molecular flexibility index (Phi) is 4.46. The molecule has 1 aromatic carbocycles. The summed E-state index contributed by atoms with van der Waals surface area (Å²) < 4.78 is 5.36. The molecule has 1 aliphatic rings. The smallest absolute Gasteiger partial charge is 0.165 e. The summed E-state index contributed by atoms with van der Waals surface area (Å²) in [5, 5.41) is 0. The molecule has 19 heavy (non-hydrogen) atoms. The van der Waals surface area contributed by atoms with Crippen LogP contribution in [-0.2, 0) is 0 Å². The van der Waals surface area contributed by atoms with Crippen LogP contribution in [-0.4, -0.2) is 25.5 Å². The molecule has 3 heteroatoms. The summed E-state index contributed by atoms with van der Waals surface area (Å²) in [5.74, 6) is 0.762. The van der Waals surface area contributed by atoms with Crippen molar-refractivity contribution >= 4 is 11.5 Å². The molecule has 2 rings (SSSR count). The summed E-state index contributed by atoms with van der Waals surface area (Å²) >= 11 is 0. The quantitative estimate of drug-likeness (QED) is 0.775. The van der Waals surface area contributed by atoms with Gasteiger partial charge >= 0.3 is 0 Å². The van der Waals surface area contributed by atoms with Crippen LogP contribution in [0.2, 0.25) is 0 Å². The largest absolute Gasteiger partial charge is 0.496 e. The first kappa shape index (κ1) is 13.9. The molecule has 0 aliphatic carbocycles. The van der Waals surface area contributed by atoms with E-state index in [0.717, 1.165) is 24.2 Å². The second kappa shape index (κ2) is 6.09. The topological polar surface area (TPSA) is 29.5 Å². The van der Waals surface area contributed by atoms with Gasteiger partial charge < -0.3 is 9.64 Å². The lowest BCUT2D eigenvalue weighted by atomic mass is 9.97. The minimum absolute atomic E-state index is 0.0767. The van der Waals surface area contributed by atoms with Gasteiger partial charge in [0.25, 0.3) is 0 Å². The Balaban J connectivity index is 2.45. The van der Waals surface area contributed by atoms with Crippen molar-refractivity contribution < 1.29 is 9.53 Å². The average molecular weight is 261 g/mol. The Hall–Kier alpha value is -1.51. The monoisotopic (exact) mass is 261 g/mol. The maximum absolute atomic E-state index is 12.0. The molecular weight excluding hydrogens is 238 g/mol. The molecule has 0 N–H and O–H groups in total. The molecule has 1 aromatic rings. The van der Waals surface area contributed by atoms with E-state index in [1.165, 1.54) is 19.3 Å². The predicted octanol–water partition coefficient (Wildman–Crippen LogP) is 3.67. The van der Waals surface area contributed by atoms with Crippen LogP contribution in [0.5, 0.6) is 5.75 Å². The van der Waals surface area contributed by atoms with E-state index in [4.69, 9.17) is 4.74 Å². The number of Topliss-reactive ketones (excluding diaryl/α,β-unsaturated/α-hetero) is 1. The van der Waals surface area contributed by atoms with Gasteiger partial charge in [-0.3, -0.25) is 4.79 Å². The van der Waals surface area contributed by atoms with Crippen LogP contribution in [0, 0.1) is 0 Å². The van der Waals surface area contributed by atoms with Crippen LogP contribution in [0.3, 0.4) is 0 Å². The summed E-state index contributed by atoms with van der Waals surface area (Å²) in [6.07, 6.45) is 4.82. The van der Waals surface area contributed by atoms with Crippen molar-refractivity contribution in [1.29, 1.82) is 0 Å². The fourth-order valence-corrected chi connectivity index (χ4v) is 3.03. The van der Waals surface area contributed by atoms with Crippen LogP contribution in [0.15, 0.2) is 18.2 Å². The van der Waals surface area contributed by atoms with Crippen LogP contribution in [0.1, 0.15) is 49.9 Å². The second-order valence-corrected chi connectivity index (χ2v) is 5.16. The number of benzene rings is 1. The predicted molar refractivity (Wildman–Crippen MR) is 78.3 cm³/mol. The Labute approximate surface area is 115 Å². The second-order valence-electron chi connectivity index (χ2n) is 5.16. The summed E-state index contributed by atoms with van der Waals surface area (Å²) in [7, 11) is 1.62. The molecule has 0 bridgehead atoms. The van der Waals surface area contributed by atoms with Gasteiger partial charge in [-0.1, -0.05) is 13.0 Å². The number of ether oxygens (including phenoxy) is 1. The standard InChI is InChI=1S/C16H23NO2/c1-4-13-8-5-6-11-17(13)14-9-7-10-15(19-3)16(14)12(2)18/h7,9-10,13H,4-6,8,11H2,1-3H3. The molecule has 0 spiro atoms. The average Bonchev–Trinajstić information content (AvgIpc) is 2.46. The van der Waals surface area contributed by atoms with Gasteiger partial charge in [0.2, 0.25) is 0 Å². The maximum atomic E-state index is 12.0. The lowest BCUT2D eigenvalue weighted by Gasteiger charge is -2.38. The fourth-order valence-electron chi connectivity index (χ4n) is 3.03. The van der Waals surface area contributed by atoms with Crippen molar-refractivity contribution in [3.63, 3.8) is 0 Å². The molecule has 1 aliphatic heterocycles. The molecule has 1 saturated heterocycles. The van der Waals surface area contributed by atoms with E-state index >= 15 is 0 Å². The van der Waals surface area contributed by atoms with Crippen molar-refractivity contribution in [3.8, 4) is 5.75 Å². The molecule has 1 unspecified atom stereocenters. The number of carbonyl (C=O) groups is 1. The van der Waals surface area contributed by atoms with Crippen molar-refractivity contribution in [2.45, 2.75) is 45.6 Å².